The fourth-order valence-corrected chi connectivity index (χ4v) is 2.43. The largest absolute Gasteiger partial charge is 0.304 e. The molecule has 0 radical (unpaired) electrons. The predicted molar refractivity (Wildman–Crippen MR) is 89.8 cm³/mol. The number of pyridine rings is 1. The second-order valence-corrected chi connectivity index (χ2v) is 6.75. The first-order valence-corrected chi connectivity index (χ1v) is 8.49. The molecular formula is C15H17N4O3S+. The van der Waals surface area contributed by atoms with Crippen LogP contribution in [0.15, 0.2) is 46.1 Å². The van der Waals surface area contributed by atoms with E-state index in [0.717, 1.165) is 5.56 Å². The van der Waals surface area contributed by atoms with Crippen LogP contribution < -0.4 is 10.3 Å². The lowest BCUT2D eigenvalue weighted by atomic mass is 10.0. The van der Waals surface area contributed by atoms with Gasteiger partial charge in [-0.15, -0.1) is 0 Å². The summed E-state index contributed by atoms with van der Waals surface area (Å²) in [4.78, 5) is 18.1. The van der Waals surface area contributed by atoms with E-state index in [0.29, 0.717) is 11.4 Å². The number of hydrogen-bond acceptors (Lipinski definition) is 4. The summed E-state index contributed by atoms with van der Waals surface area (Å²) in [5, 5.41) is 2.64. The van der Waals surface area contributed by atoms with Crippen LogP contribution in [0.5, 0.6) is 0 Å². The van der Waals surface area contributed by atoms with Gasteiger partial charge >= 0.3 is 5.91 Å². The highest BCUT2D eigenvalue weighted by Gasteiger charge is 2.15. The Bertz CT molecular complexity index is 851. The number of nitrogens with one attached hydrogen (secondary N) is 2. The van der Waals surface area contributed by atoms with E-state index >= 15 is 0 Å². The lowest BCUT2D eigenvalue weighted by Gasteiger charge is -2.10. The monoisotopic (exact) mass is 333 g/mol. The molecule has 8 heteroatoms. The molecule has 1 aromatic rings. The zero-order valence-electron chi connectivity index (χ0n) is 12.8. The van der Waals surface area contributed by atoms with Crippen LogP contribution in [0.4, 0.5) is 5.82 Å². The second kappa shape index (κ2) is 6.66. The minimum Gasteiger partial charge on any atom is -0.255 e. The van der Waals surface area contributed by atoms with E-state index in [1.54, 1.807) is 30.6 Å². The lowest BCUT2D eigenvalue weighted by molar-refractivity contribution is -0.360. The Kier molecular flexibility index (Phi) is 4.85. The van der Waals surface area contributed by atoms with Crippen molar-refractivity contribution in [3.8, 4) is 0 Å². The lowest BCUT2D eigenvalue weighted by Crippen LogP contribution is -2.17. The van der Waals surface area contributed by atoms with Crippen molar-refractivity contribution in [2.24, 2.45) is 9.39 Å². The molecule has 1 aromatic heterocycles. The van der Waals surface area contributed by atoms with Gasteiger partial charge < -0.3 is 0 Å². The smallest absolute Gasteiger partial charge is 0.255 e. The van der Waals surface area contributed by atoms with Crippen molar-refractivity contribution in [3.63, 3.8) is 0 Å². The third-order valence-electron chi connectivity index (χ3n) is 3.00. The summed E-state index contributed by atoms with van der Waals surface area (Å²) in [7, 11) is -3.54. The molecule has 0 saturated heterocycles. The molecule has 2 heterocycles. The molecule has 0 spiro atoms. The number of carbonyl (C=O) groups excluding carboxylic acids is 1. The van der Waals surface area contributed by atoms with Gasteiger partial charge in [-0.3, -0.25) is 4.99 Å². The number of rotatable bonds is 4. The van der Waals surface area contributed by atoms with Gasteiger partial charge in [-0.2, -0.15) is 4.40 Å². The van der Waals surface area contributed by atoms with E-state index in [2.05, 4.69) is 26.3 Å². The van der Waals surface area contributed by atoms with Crippen molar-refractivity contribution in [3.05, 3.63) is 42.2 Å². The van der Waals surface area contributed by atoms with Gasteiger partial charge in [0.15, 0.2) is 0 Å². The third kappa shape index (κ3) is 4.43. The Balaban J connectivity index is 2.42. The Morgan fingerprint density at radius 1 is 1.48 bits per heavy atom. The zero-order chi connectivity index (χ0) is 17.0. The van der Waals surface area contributed by atoms with Crippen LogP contribution in [-0.2, 0) is 14.8 Å². The maximum atomic E-state index is 11.7. The SMILES string of the molecule is C=C1N=CC(c2cc[nH+]c(NC(C)=O)c2)=CC1=NS(=O)(=O)CC. The first kappa shape index (κ1) is 16.8. The molecular weight excluding hydrogens is 316 g/mol. The van der Waals surface area contributed by atoms with Gasteiger partial charge in [0.05, 0.1) is 17.6 Å². The number of aromatic nitrogens is 1. The number of anilines is 1. The number of aromatic amines is 1. The molecule has 7 nitrogen and oxygen atoms in total. The van der Waals surface area contributed by atoms with Crippen LogP contribution in [-0.4, -0.2) is 32.0 Å². The quantitative estimate of drug-likeness (QED) is 0.896. The van der Waals surface area contributed by atoms with E-state index in [4.69, 9.17) is 0 Å². The second-order valence-electron chi connectivity index (χ2n) is 4.82. The number of dihydropyridines is 1. The van der Waals surface area contributed by atoms with Crippen LogP contribution in [0.2, 0.25) is 0 Å². The highest BCUT2D eigenvalue weighted by atomic mass is 32.2. The van der Waals surface area contributed by atoms with Gasteiger partial charge in [-0.1, -0.05) is 6.58 Å². The normalized spacial score (nSPS) is 16.3. The molecule has 0 aromatic carbocycles. The van der Waals surface area contributed by atoms with Crippen LogP contribution >= 0.6 is 0 Å². The molecule has 1 amide bonds. The average Bonchev–Trinajstić information content (AvgIpc) is 2.49. The first-order chi connectivity index (χ1) is 10.8. The summed E-state index contributed by atoms with van der Waals surface area (Å²) < 4.78 is 27.1. The van der Waals surface area contributed by atoms with Gasteiger partial charge in [-0.05, 0) is 24.6 Å². The van der Waals surface area contributed by atoms with E-state index in [1.807, 2.05) is 0 Å². The summed E-state index contributed by atoms with van der Waals surface area (Å²) in [5.74, 6) is 0.228. The number of sulfonamides is 1. The van der Waals surface area contributed by atoms with Gasteiger partial charge in [0.25, 0.3) is 15.8 Å². The van der Waals surface area contributed by atoms with E-state index < -0.39 is 10.0 Å². The van der Waals surface area contributed by atoms with E-state index in [9.17, 15) is 13.2 Å². The van der Waals surface area contributed by atoms with Crippen LogP contribution in [0.25, 0.3) is 5.57 Å². The molecule has 2 rings (SSSR count). The van der Waals surface area contributed by atoms with Crippen LogP contribution in [0.3, 0.4) is 0 Å². The summed E-state index contributed by atoms with van der Waals surface area (Å²) in [6, 6.07) is 3.50. The molecule has 0 saturated carbocycles. The topological polar surface area (TPSA) is 102 Å². The van der Waals surface area contributed by atoms with Crippen molar-refractivity contribution in [1.82, 2.24) is 0 Å². The molecule has 0 atom stereocenters. The molecule has 1 aliphatic heterocycles. The van der Waals surface area contributed by atoms with Gasteiger partial charge in [0.2, 0.25) is 0 Å². The number of amides is 1. The third-order valence-corrected chi connectivity index (χ3v) is 4.20. The minimum atomic E-state index is -3.54. The Morgan fingerprint density at radius 3 is 2.87 bits per heavy atom. The van der Waals surface area contributed by atoms with Crippen molar-refractivity contribution in [2.45, 2.75) is 13.8 Å². The number of hydrogen-bond donors (Lipinski definition) is 1. The summed E-state index contributed by atoms with van der Waals surface area (Å²) in [6.07, 6.45) is 4.85. The van der Waals surface area contributed by atoms with E-state index in [-0.39, 0.29) is 23.1 Å². The average molecular weight is 333 g/mol. The van der Waals surface area contributed by atoms with Crippen molar-refractivity contribution >= 4 is 39.2 Å². The molecule has 120 valence electrons. The zero-order valence-corrected chi connectivity index (χ0v) is 13.6. The molecule has 1 aliphatic rings. The molecule has 0 bridgehead atoms. The Morgan fingerprint density at radius 2 is 2.22 bits per heavy atom. The van der Waals surface area contributed by atoms with Crippen molar-refractivity contribution in [2.75, 3.05) is 11.1 Å². The number of H-pyrrole nitrogens is 1. The van der Waals surface area contributed by atoms with Gasteiger partial charge in [0.1, 0.15) is 5.71 Å². The maximum absolute atomic E-state index is 11.7. The molecule has 23 heavy (non-hydrogen) atoms. The number of carbonyl (C=O) groups is 1. The molecule has 0 fully saturated rings. The highest BCUT2D eigenvalue weighted by molar-refractivity contribution is 7.90. The number of nitrogens with zero attached hydrogens (tertiary/aromatic N) is 2. The Hall–Kier alpha value is -2.61. The minimum absolute atomic E-state index is 0.0936. The Labute approximate surface area is 134 Å². The maximum Gasteiger partial charge on any atom is 0.304 e. The summed E-state index contributed by atoms with van der Waals surface area (Å²) in [6.45, 7) is 6.63. The standard InChI is InChI=1S/C15H16N4O3S/c1-4-23(21,22)19-14-7-13(9-17-10(14)2)12-5-6-16-15(8-12)18-11(3)20/h5-9H,2,4H2,1,3H3,(H,16,18,20)/p+1. The molecule has 0 unspecified atom stereocenters. The van der Waals surface area contributed by atoms with Crippen molar-refractivity contribution < 1.29 is 18.2 Å². The van der Waals surface area contributed by atoms with Gasteiger partial charge in [0, 0.05) is 24.8 Å². The molecule has 0 aliphatic carbocycles. The summed E-state index contributed by atoms with van der Waals surface area (Å²) >= 11 is 0. The highest BCUT2D eigenvalue weighted by Crippen LogP contribution is 2.20. The predicted octanol–water partition coefficient (Wildman–Crippen LogP) is 1.23. The van der Waals surface area contributed by atoms with E-state index in [1.165, 1.54) is 13.8 Å². The van der Waals surface area contributed by atoms with Crippen LogP contribution in [0, 0.1) is 0 Å². The number of aliphatic imine (C=N–C) groups is 1. The first-order valence-electron chi connectivity index (χ1n) is 6.88. The van der Waals surface area contributed by atoms with Crippen LogP contribution in [0.1, 0.15) is 19.4 Å². The van der Waals surface area contributed by atoms with Crippen molar-refractivity contribution in [1.29, 1.82) is 0 Å². The molecule has 2 N–H and O–H groups in total. The fraction of sp³-hybridized carbons (Fsp3) is 0.200. The van der Waals surface area contributed by atoms with Gasteiger partial charge in [-0.25, -0.2) is 23.5 Å². The fourth-order valence-electron chi connectivity index (χ4n) is 1.84. The summed E-state index contributed by atoms with van der Waals surface area (Å²) in [5.41, 5.74) is 1.92. The number of allylic oxidation sites excluding steroid dienone is 2.